The van der Waals surface area contributed by atoms with Gasteiger partial charge in [-0.15, -0.1) is 0 Å². The second kappa shape index (κ2) is 6.76. The molecule has 2 aromatic carbocycles. The number of carbonyl (C=O) groups is 1. The highest BCUT2D eigenvalue weighted by molar-refractivity contribution is 5.76. The molecule has 0 aliphatic heterocycles. The summed E-state index contributed by atoms with van der Waals surface area (Å²) in [5, 5.41) is 5.91. The molecule has 22 heavy (non-hydrogen) atoms. The van der Waals surface area contributed by atoms with Crippen molar-refractivity contribution >= 4 is 23.0 Å². The Morgan fingerprint density at radius 1 is 1.05 bits per heavy atom. The normalized spacial score (nSPS) is 10.5. The number of hydrogen-bond acceptors (Lipinski definition) is 4. The summed E-state index contributed by atoms with van der Waals surface area (Å²) in [6, 6.07) is 17.8. The molecule has 112 valence electrons. The number of nitrogens with zero attached hydrogens (tertiary/aromatic N) is 1. The number of aromatic nitrogens is 1. The van der Waals surface area contributed by atoms with Crippen LogP contribution in [0.5, 0.6) is 0 Å². The van der Waals surface area contributed by atoms with Crippen LogP contribution in [0.15, 0.2) is 59.0 Å². The van der Waals surface area contributed by atoms with Crippen molar-refractivity contribution < 1.29 is 9.21 Å². The van der Waals surface area contributed by atoms with Gasteiger partial charge in [0.1, 0.15) is 5.52 Å². The molecule has 0 radical (unpaired) electrons. The first-order chi connectivity index (χ1) is 10.8. The van der Waals surface area contributed by atoms with E-state index < -0.39 is 0 Å². The van der Waals surface area contributed by atoms with Gasteiger partial charge in [0, 0.05) is 19.5 Å². The Balaban J connectivity index is 1.43. The lowest BCUT2D eigenvalue weighted by molar-refractivity contribution is -0.121. The van der Waals surface area contributed by atoms with Crippen LogP contribution in [-0.4, -0.2) is 17.4 Å². The van der Waals surface area contributed by atoms with E-state index in [4.69, 9.17) is 4.42 Å². The Labute approximate surface area is 128 Å². The maximum absolute atomic E-state index is 11.8. The summed E-state index contributed by atoms with van der Waals surface area (Å²) in [4.78, 5) is 16.1. The Morgan fingerprint density at radius 2 is 1.82 bits per heavy atom. The highest BCUT2D eigenvalue weighted by Gasteiger charge is 2.05. The molecule has 3 rings (SSSR count). The first kappa shape index (κ1) is 14.1. The van der Waals surface area contributed by atoms with Gasteiger partial charge >= 0.3 is 0 Å². The van der Waals surface area contributed by atoms with Gasteiger partial charge in [-0.05, 0) is 17.7 Å². The van der Waals surface area contributed by atoms with Gasteiger partial charge in [0.15, 0.2) is 5.58 Å². The Kier molecular flexibility index (Phi) is 4.34. The van der Waals surface area contributed by atoms with E-state index in [1.165, 1.54) is 0 Å². The van der Waals surface area contributed by atoms with E-state index >= 15 is 0 Å². The van der Waals surface area contributed by atoms with Crippen LogP contribution in [0, 0.1) is 0 Å². The van der Waals surface area contributed by atoms with Gasteiger partial charge in [-0.3, -0.25) is 4.79 Å². The Hall–Kier alpha value is -2.82. The molecular formula is C17H17N3O2. The van der Waals surface area contributed by atoms with Crippen LogP contribution in [0.3, 0.4) is 0 Å². The predicted octanol–water partition coefficient (Wildman–Crippen LogP) is 2.95. The molecular weight excluding hydrogens is 278 g/mol. The molecule has 0 saturated carbocycles. The predicted molar refractivity (Wildman–Crippen MR) is 85.4 cm³/mol. The molecule has 0 aliphatic rings. The summed E-state index contributed by atoms with van der Waals surface area (Å²) < 4.78 is 5.53. The third kappa shape index (κ3) is 3.63. The molecule has 2 N–H and O–H groups in total. The van der Waals surface area contributed by atoms with E-state index in [0.29, 0.717) is 25.5 Å². The molecule has 0 spiro atoms. The minimum Gasteiger partial charge on any atom is -0.424 e. The number of benzene rings is 2. The van der Waals surface area contributed by atoms with E-state index in [2.05, 4.69) is 15.6 Å². The van der Waals surface area contributed by atoms with Crippen molar-refractivity contribution in [2.24, 2.45) is 0 Å². The smallest absolute Gasteiger partial charge is 0.295 e. The average Bonchev–Trinajstić information content (AvgIpc) is 2.96. The van der Waals surface area contributed by atoms with Crippen LogP contribution in [0.25, 0.3) is 11.1 Å². The quantitative estimate of drug-likeness (QED) is 0.733. The van der Waals surface area contributed by atoms with Gasteiger partial charge in [0.2, 0.25) is 5.91 Å². The standard InChI is InChI=1S/C17H17N3O2/c21-16(19-12-13-6-2-1-3-7-13)10-11-18-17-20-14-8-4-5-9-15(14)22-17/h1-9H,10-12H2,(H,18,20)(H,19,21). The lowest BCUT2D eigenvalue weighted by Crippen LogP contribution is -2.24. The fourth-order valence-electron chi connectivity index (χ4n) is 2.12. The maximum Gasteiger partial charge on any atom is 0.295 e. The van der Waals surface area contributed by atoms with Crippen molar-refractivity contribution in [1.29, 1.82) is 0 Å². The summed E-state index contributed by atoms with van der Waals surface area (Å²) in [6.07, 6.45) is 0.367. The third-order valence-electron chi connectivity index (χ3n) is 3.25. The second-order valence-corrected chi connectivity index (χ2v) is 4.93. The molecule has 0 unspecified atom stereocenters. The number of oxazole rings is 1. The van der Waals surface area contributed by atoms with Crippen LogP contribution in [-0.2, 0) is 11.3 Å². The van der Waals surface area contributed by atoms with E-state index in [9.17, 15) is 4.79 Å². The first-order valence-corrected chi connectivity index (χ1v) is 7.21. The number of amides is 1. The minimum atomic E-state index is -0.00698. The number of anilines is 1. The van der Waals surface area contributed by atoms with Crippen LogP contribution in [0.2, 0.25) is 0 Å². The molecule has 1 heterocycles. The minimum absolute atomic E-state index is 0.00698. The first-order valence-electron chi connectivity index (χ1n) is 7.21. The van der Waals surface area contributed by atoms with Crippen LogP contribution in [0.4, 0.5) is 6.01 Å². The summed E-state index contributed by atoms with van der Waals surface area (Å²) in [5.41, 5.74) is 2.62. The van der Waals surface area contributed by atoms with Gasteiger partial charge in [-0.25, -0.2) is 0 Å². The average molecular weight is 295 g/mol. The molecule has 1 amide bonds. The molecule has 1 aromatic heterocycles. The van der Waals surface area contributed by atoms with E-state index in [0.717, 1.165) is 16.7 Å². The van der Waals surface area contributed by atoms with Crippen molar-refractivity contribution in [2.45, 2.75) is 13.0 Å². The van der Waals surface area contributed by atoms with E-state index in [1.54, 1.807) is 0 Å². The van der Waals surface area contributed by atoms with Crippen molar-refractivity contribution in [3.8, 4) is 0 Å². The number of para-hydroxylation sites is 2. The van der Waals surface area contributed by atoms with Gasteiger partial charge in [-0.2, -0.15) is 4.98 Å². The number of nitrogens with one attached hydrogen (secondary N) is 2. The molecule has 5 heteroatoms. The zero-order valence-corrected chi connectivity index (χ0v) is 12.1. The van der Waals surface area contributed by atoms with Crippen molar-refractivity contribution in [3.63, 3.8) is 0 Å². The van der Waals surface area contributed by atoms with E-state index in [1.807, 2.05) is 54.6 Å². The number of rotatable bonds is 6. The second-order valence-electron chi connectivity index (χ2n) is 4.93. The largest absolute Gasteiger partial charge is 0.424 e. The van der Waals surface area contributed by atoms with Crippen LogP contribution < -0.4 is 10.6 Å². The van der Waals surface area contributed by atoms with Crippen molar-refractivity contribution in [3.05, 3.63) is 60.2 Å². The Bertz CT molecular complexity index is 720. The zero-order valence-electron chi connectivity index (χ0n) is 12.1. The monoisotopic (exact) mass is 295 g/mol. The van der Waals surface area contributed by atoms with Gasteiger partial charge < -0.3 is 15.1 Å². The summed E-state index contributed by atoms with van der Waals surface area (Å²) >= 11 is 0. The molecule has 0 aliphatic carbocycles. The summed E-state index contributed by atoms with van der Waals surface area (Å²) in [7, 11) is 0. The van der Waals surface area contributed by atoms with Crippen LogP contribution >= 0.6 is 0 Å². The molecule has 0 saturated heterocycles. The molecule has 0 bridgehead atoms. The fraction of sp³-hybridized carbons (Fsp3) is 0.176. The zero-order chi connectivity index (χ0) is 15.2. The Morgan fingerprint density at radius 3 is 2.64 bits per heavy atom. The topological polar surface area (TPSA) is 67.2 Å². The van der Waals surface area contributed by atoms with Crippen molar-refractivity contribution in [2.75, 3.05) is 11.9 Å². The van der Waals surface area contributed by atoms with Crippen molar-refractivity contribution in [1.82, 2.24) is 10.3 Å². The molecule has 5 nitrogen and oxygen atoms in total. The number of hydrogen-bond donors (Lipinski definition) is 2. The maximum atomic E-state index is 11.8. The SMILES string of the molecule is O=C(CCNc1nc2ccccc2o1)NCc1ccccc1. The lowest BCUT2D eigenvalue weighted by Gasteiger charge is -2.05. The van der Waals surface area contributed by atoms with Gasteiger partial charge in [-0.1, -0.05) is 42.5 Å². The fourth-order valence-corrected chi connectivity index (χ4v) is 2.12. The third-order valence-corrected chi connectivity index (χ3v) is 3.25. The van der Waals surface area contributed by atoms with Crippen LogP contribution in [0.1, 0.15) is 12.0 Å². The summed E-state index contributed by atoms with van der Waals surface area (Å²) in [5.74, 6) is -0.00698. The molecule has 3 aromatic rings. The lowest BCUT2D eigenvalue weighted by atomic mass is 10.2. The number of fused-ring (bicyclic) bond motifs is 1. The highest BCUT2D eigenvalue weighted by Crippen LogP contribution is 2.17. The van der Waals surface area contributed by atoms with E-state index in [-0.39, 0.29) is 5.91 Å². The summed E-state index contributed by atoms with van der Waals surface area (Å²) in [6.45, 7) is 1.02. The van der Waals surface area contributed by atoms with Gasteiger partial charge in [0.05, 0.1) is 0 Å². The molecule has 0 atom stereocenters. The molecule has 0 fully saturated rings. The number of carbonyl (C=O) groups excluding carboxylic acids is 1. The van der Waals surface area contributed by atoms with Gasteiger partial charge in [0.25, 0.3) is 6.01 Å². The highest BCUT2D eigenvalue weighted by atomic mass is 16.4.